The molecule has 0 aromatic carbocycles. The van der Waals surface area contributed by atoms with Crippen molar-refractivity contribution in [3.05, 3.63) is 30.1 Å². The van der Waals surface area contributed by atoms with Gasteiger partial charge in [0.1, 0.15) is 5.69 Å². The molecule has 0 aliphatic heterocycles. The third kappa shape index (κ3) is 3.61. The summed E-state index contributed by atoms with van der Waals surface area (Å²) in [5.41, 5.74) is 0.500. The van der Waals surface area contributed by atoms with Crippen LogP contribution in [0, 0.1) is 0 Å². The van der Waals surface area contributed by atoms with E-state index in [0.717, 1.165) is 0 Å². The molecule has 0 aliphatic carbocycles. The zero-order valence-corrected chi connectivity index (χ0v) is 11.5. The molecule has 8 nitrogen and oxygen atoms in total. The molecule has 0 bridgehead atoms. The smallest absolute Gasteiger partial charge is 0.358 e. The number of nitrogens with zero attached hydrogens (tertiary/aromatic N) is 4. The fourth-order valence-corrected chi connectivity index (χ4v) is 1.85. The van der Waals surface area contributed by atoms with Gasteiger partial charge >= 0.3 is 5.97 Å². The van der Waals surface area contributed by atoms with Crippen molar-refractivity contribution in [1.29, 1.82) is 0 Å². The molecule has 2 aromatic rings. The van der Waals surface area contributed by atoms with Gasteiger partial charge in [-0.2, -0.15) is 0 Å². The van der Waals surface area contributed by atoms with Crippen LogP contribution in [0.2, 0.25) is 0 Å². The molecule has 0 fully saturated rings. The molecule has 2 aromatic heterocycles. The Morgan fingerprint density at radius 3 is 2.90 bits per heavy atom. The molecule has 0 saturated heterocycles. The molecule has 0 saturated carbocycles. The Labute approximate surface area is 121 Å². The lowest BCUT2D eigenvalue weighted by Gasteiger charge is -2.12. The number of hydrogen-bond donors (Lipinski definition) is 2. The number of aliphatic hydroxyl groups excluding tert-OH is 1. The average Bonchev–Trinajstić information content (AvgIpc) is 2.89. The monoisotopic (exact) mass is 292 g/mol. The van der Waals surface area contributed by atoms with Crippen molar-refractivity contribution in [2.24, 2.45) is 0 Å². The zero-order chi connectivity index (χ0) is 15.2. The molecular formula is C13H16N4O4. The van der Waals surface area contributed by atoms with Gasteiger partial charge in [0, 0.05) is 12.8 Å². The van der Waals surface area contributed by atoms with E-state index in [9.17, 15) is 15.0 Å². The molecule has 1 atom stereocenters. The quantitative estimate of drug-likeness (QED) is 0.761. The van der Waals surface area contributed by atoms with E-state index >= 15 is 0 Å². The van der Waals surface area contributed by atoms with Gasteiger partial charge in [0.05, 0.1) is 24.9 Å². The van der Waals surface area contributed by atoms with Crippen molar-refractivity contribution in [1.82, 2.24) is 20.0 Å². The highest BCUT2D eigenvalue weighted by molar-refractivity contribution is 5.92. The van der Waals surface area contributed by atoms with E-state index in [-0.39, 0.29) is 24.5 Å². The first-order chi connectivity index (χ1) is 10.1. The van der Waals surface area contributed by atoms with Crippen molar-refractivity contribution in [3.63, 3.8) is 0 Å². The summed E-state index contributed by atoms with van der Waals surface area (Å²) in [5.74, 6) is -1.19. The summed E-state index contributed by atoms with van der Waals surface area (Å²) in [6.07, 6.45) is 0.741. The van der Waals surface area contributed by atoms with E-state index in [0.29, 0.717) is 12.3 Å². The summed E-state index contributed by atoms with van der Waals surface area (Å²) < 4.78 is 6.45. The van der Waals surface area contributed by atoms with Gasteiger partial charge in [-0.3, -0.25) is 4.98 Å². The Kier molecular flexibility index (Phi) is 4.96. The number of rotatable bonds is 7. The van der Waals surface area contributed by atoms with E-state index in [1.807, 2.05) is 6.92 Å². The van der Waals surface area contributed by atoms with E-state index < -0.39 is 12.1 Å². The zero-order valence-electron chi connectivity index (χ0n) is 11.5. The summed E-state index contributed by atoms with van der Waals surface area (Å²) in [5, 5.41) is 26.5. The van der Waals surface area contributed by atoms with E-state index in [1.54, 1.807) is 24.4 Å². The van der Waals surface area contributed by atoms with Crippen LogP contribution in [0.5, 0.6) is 0 Å². The molecule has 2 N–H and O–H groups in total. The SMILES string of the molecule is CCOCC(O)Cn1nnc(C(=O)O)c1-c1ccccn1. The fourth-order valence-electron chi connectivity index (χ4n) is 1.85. The highest BCUT2D eigenvalue weighted by Crippen LogP contribution is 2.20. The van der Waals surface area contributed by atoms with Gasteiger partial charge in [-0.1, -0.05) is 11.3 Å². The minimum absolute atomic E-state index is 0.0756. The van der Waals surface area contributed by atoms with Gasteiger partial charge in [-0.15, -0.1) is 5.10 Å². The molecule has 8 heteroatoms. The lowest BCUT2D eigenvalue weighted by atomic mass is 10.2. The highest BCUT2D eigenvalue weighted by Gasteiger charge is 2.22. The van der Waals surface area contributed by atoms with Crippen molar-refractivity contribution in [2.75, 3.05) is 13.2 Å². The van der Waals surface area contributed by atoms with E-state index in [1.165, 1.54) is 4.68 Å². The summed E-state index contributed by atoms with van der Waals surface area (Å²) >= 11 is 0. The number of pyridine rings is 1. The van der Waals surface area contributed by atoms with Crippen molar-refractivity contribution in [3.8, 4) is 11.4 Å². The van der Waals surface area contributed by atoms with Crippen LogP contribution < -0.4 is 0 Å². The summed E-state index contributed by atoms with van der Waals surface area (Å²) in [7, 11) is 0. The van der Waals surface area contributed by atoms with E-state index in [4.69, 9.17) is 4.74 Å². The Morgan fingerprint density at radius 1 is 1.48 bits per heavy atom. The Hall–Kier alpha value is -2.32. The first-order valence-electron chi connectivity index (χ1n) is 6.47. The van der Waals surface area contributed by atoms with Gasteiger partial charge in [-0.25, -0.2) is 9.48 Å². The van der Waals surface area contributed by atoms with Crippen LogP contribution in [-0.4, -0.2) is 55.5 Å². The predicted molar refractivity (Wildman–Crippen MR) is 72.7 cm³/mol. The summed E-state index contributed by atoms with van der Waals surface area (Å²) in [6, 6.07) is 5.13. The second-order valence-corrected chi connectivity index (χ2v) is 4.30. The fraction of sp³-hybridized carbons (Fsp3) is 0.385. The van der Waals surface area contributed by atoms with Crippen LogP contribution in [0.4, 0.5) is 0 Å². The van der Waals surface area contributed by atoms with Gasteiger partial charge < -0.3 is 14.9 Å². The van der Waals surface area contributed by atoms with Crippen molar-refractivity contribution >= 4 is 5.97 Å². The van der Waals surface area contributed by atoms with Crippen LogP contribution in [0.1, 0.15) is 17.4 Å². The second kappa shape index (κ2) is 6.91. The molecule has 21 heavy (non-hydrogen) atoms. The molecule has 2 heterocycles. The normalized spacial score (nSPS) is 12.3. The maximum atomic E-state index is 11.2. The number of aliphatic hydroxyl groups is 1. The number of aromatic carboxylic acids is 1. The van der Waals surface area contributed by atoms with E-state index in [2.05, 4.69) is 15.3 Å². The molecule has 0 spiro atoms. The minimum atomic E-state index is -1.19. The molecule has 1 unspecified atom stereocenters. The number of carbonyl (C=O) groups is 1. The van der Waals surface area contributed by atoms with Gasteiger partial charge in [0.15, 0.2) is 5.69 Å². The Morgan fingerprint density at radius 2 is 2.29 bits per heavy atom. The maximum Gasteiger partial charge on any atom is 0.358 e. The Balaban J connectivity index is 2.32. The largest absolute Gasteiger partial charge is 0.476 e. The van der Waals surface area contributed by atoms with Crippen molar-refractivity contribution in [2.45, 2.75) is 19.6 Å². The molecule has 0 radical (unpaired) electrons. The van der Waals surface area contributed by atoms with Crippen LogP contribution in [0.25, 0.3) is 11.4 Å². The van der Waals surface area contributed by atoms with Crippen LogP contribution in [0.3, 0.4) is 0 Å². The number of carboxylic acids is 1. The summed E-state index contributed by atoms with van der Waals surface area (Å²) in [4.78, 5) is 15.4. The van der Waals surface area contributed by atoms with Crippen molar-refractivity contribution < 1.29 is 19.7 Å². The second-order valence-electron chi connectivity index (χ2n) is 4.30. The molecule has 2 rings (SSSR count). The summed E-state index contributed by atoms with van der Waals surface area (Å²) in [6.45, 7) is 2.53. The highest BCUT2D eigenvalue weighted by atomic mass is 16.5. The van der Waals surface area contributed by atoms with Gasteiger partial charge in [0.25, 0.3) is 0 Å². The van der Waals surface area contributed by atoms with Crippen LogP contribution in [0.15, 0.2) is 24.4 Å². The average molecular weight is 292 g/mol. The Bertz CT molecular complexity index is 599. The molecule has 0 aliphatic rings. The first kappa shape index (κ1) is 15.1. The third-order valence-corrected chi connectivity index (χ3v) is 2.74. The third-order valence-electron chi connectivity index (χ3n) is 2.74. The van der Waals surface area contributed by atoms with Crippen LogP contribution >= 0.6 is 0 Å². The topological polar surface area (TPSA) is 110 Å². The number of hydrogen-bond acceptors (Lipinski definition) is 6. The number of carboxylic acid groups (broad SMARTS) is 1. The first-order valence-corrected chi connectivity index (χ1v) is 6.47. The van der Waals surface area contributed by atoms with Crippen LogP contribution in [-0.2, 0) is 11.3 Å². The predicted octanol–water partition coefficient (Wildman–Crippen LogP) is 0.436. The van der Waals surface area contributed by atoms with Gasteiger partial charge in [0.2, 0.25) is 0 Å². The lowest BCUT2D eigenvalue weighted by Crippen LogP contribution is -2.23. The minimum Gasteiger partial charge on any atom is -0.476 e. The molecule has 0 amide bonds. The molecule has 112 valence electrons. The lowest BCUT2D eigenvalue weighted by molar-refractivity contribution is 0.0316. The number of aromatic nitrogens is 4. The maximum absolute atomic E-state index is 11.2. The van der Waals surface area contributed by atoms with Gasteiger partial charge in [-0.05, 0) is 19.1 Å². The standard InChI is InChI=1S/C13H16N4O4/c1-2-21-8-9(18)7-17-12(10-5-3-4-6-14-10)11(13(19)20)15-16-17/h3-6,9,18H,2,7-8H2,1H3,(H,19,20). The molecular weight excluding hydrogens is 276 g/mol. The number of ether oxygens (including phenoxy) is 1.